The van der Waals surface area contributed by atoms with Crippen LogP contribution >= 0.6 is 0 Å². The van der Waals surface area contributed by atoms with Gasteiger partial charge in [-0.05, 0) is 24.5 Å². The molecule has 2 aliphatic rings. The number of fused-ring (bicyclic) bond motifs is 1. The Labute approximate surface area is 142 Å². The number of carboxylic acids is 1. The number of piperazine rings is 1. The van der Waals surface area contributed by atoms with E-state index in [0.29, 0.717) is 26.1 Å². The van der Waals surface area contributed by atoms with Crippen LogP contribution in [0.3, 0.4) is 0 Å². The van der Waals surface area contributed by atoms with Crippen molar-refractivity contribution in [3.05, 3.63) is 29.8 Å². The Hall–Kier alpha value is -1.92. The number of amides is 1. The number of benzene rings is 1. The SMILES string of the molecule is CCC(C(=O)O)N1CCN(CC(=O)N2CCc3ccccc32)CC1. The Morgan fingerprint density at radius 3 is 2.50 bits per heavy atom. The lowest BCUT2D eigenvalue weighted by molar-refractivity contribution is -0.144. The van der Waals surface area contributed by atoms with E-state index in [0.717, 1.165) is 31.7 Å². The smallest absolute Gasteiger partial charge is 0.320 e. The van der Waals surface area contributed by atoms with Crippen LogP contribution in [-0.4, -0.2) is 72.1 Å². The number of carbonyl (C=O) groups is 2. The summed E-state index contributed by atoms with van der Waals surface area (Å²) in [5.74, 6) is -0.616. The molecule has 0 saturated carbocycles. The molecular formula is C18H25N3O3. The van der Waals surface area contributed by atoms with E-state index in [2.05, 4.69) is 11.0 Å². The highest BCUT2D eigenvalue weighted by Gasteiger charge is 2.30. The monoisotopic (exact) mass is 331 g/mol. The van der Waals surface area contributed by atoms with Gasteiger partial charge in [-0.25, -0.2) is 0 Å². The first-order valence-electron chi connectivity index (χ1n) is 8.67. The van der Waals surface area contributed by atoms with Crippen LogP contribution in [0.2, 0.25) is 0 Å². The van der Waals surface area contributed by atoms with E-state index in [1.165, 1.54) is 5.56 Å². The van der Waals surface area contributed by atoms with E-state index in [9.17, 15) is 14.7 Å². The Bertz CT molecular complexity index is 611. The Morgan fingerprint density at radius 2 is 1.83 bits per heavy atom. The van der Waals surface area contributed by atoms with Gasteiger partial charge in [0.1, 0.15) is 6.04 Å². The van der Waals surface area contributed by atoms with Crippen LogP contribution in [0.15, 0.2) is 24.3 Å². The average Bonchev–Trinajstić information content (AvgIpc) is 3.01. The van der Waals surface area contributed by atoms with E-state index in [1.54, 1.807) is 0 Å². The van der Waals surface area contributed by atoms with Crippen LogP contribution < -0.4 is 4.90 Å². The molecule has 0 aromatic heterocycles. The zero-order chi connectivity index (χ0) is 17.1. The fourth-order valence-corrected chi connectivity index (χ4v) is 3.70. The summed E-state index contributed by atoms with van der Waals surface area (Å²) < 4.78 is 0. The van der Waals surface area contributed by atoms with E-state index < -0.39 is 12.0 Å². The molecule has 2 heterocycles. The van der Waals surface area contributed by atoms with Gasteiger partial charge in [-0.15, -0.1) is 0 Å². The molecule has 1 atom stereocenters. The highest BCUT2D eigenvalue weighted by atomic mass is 16.4. The molecule has 0 bridgehead atoms. The van der Waals surface area contributed by atoms with Crippen molar-refractivity contribution in [2.45, 2.75) is 25.8 Å². The Morgan fingerprint density at radius 1 is 1.12 bits per heavy atom. The van der Waals surface area contributed by atoms with Crippen LogP contribution in [0.5, 0.6) is 0 Å². The molecule has 1 aromatic carbocycles. The van der Waals surface area contributed by atoms with Crippen molar-refractivity contribution in [1.29, 1.82) is 0 Å². The van der Waals surface area contributed by atoms with Crippen molar-refractivity contribution in [1.82, 2.24) is 9.80 Å². The minimum Gasteiger partial charge on any atom is -0.480 e. The zero-order valence-electron chi connectivity index (χ0n) is 14.1. The molecular weight excluding hydrogens is 306 g/mol. The third kappa shape index (κ3) is 3.44. The van der Waals surface area contributed by atoms with Gasteiger partial charge in [0.25, 0.3) is 0 Å². The number of nitrogens with zero attached hydrogens (tertiary/aromatic N) is 3. The van der Waals surface area contributed by atoms with Gasteiger partial charge >= 0.3 is 5.97 Å². The maximum absolute atomic E-state index is 12.6. The van der Waals surface area contributed by atoms with Crippen molar-refractivity contribution in [3.63, 3.8) is 0 Å². The quantitative estimate of drug-likeness (QED) is 0.874. The summed E-state index contributed by atoms with van der Waals surface area (Å²) in [7, 11) is 0. The maximum atomic E-state index is 12.6. The van der Waals surface area contributed by atoms with Crippen molar-refractivity contribution in [3.8, 4) is 0 Å². The average molecular weight is 331 g/mol. The van der Waals surface area contributed by atoms with Crippen molar-refractivity contribution >= 4 is 17.6 Å². The van der Waals surface area contributed by atoms with Crippen LogP contribution in [0.1, 0.15) is 18.9 Å². The standard InChI is InChI=1S/C18H25N3O3/c1-2-15(18(23)24)20-11-9-19(10-12-20)13-17(22)21-8-7-14-5-3-4-6-16(14)21/h3-6,15H,2,7-13H2,1H3,(H,23,24). The molecule has 1 unspecified atom stereocenters. The molecule has 1 amide bonds. The predicted octanol–water partition coefficient (Wildman–Crippen LogP) is 1.06. The first-order chi connectivity index (χ1) is 11.6. The number of carboxylic acid groups (broad SMARTS) is 1. The van der Waals surface area contributed by atoms with Gasteiger partial charge in [-0.1, -0.05) is 25.1 Å². The molecule has 6 heteroatoms. The maximum Gasteiger partial charge on any atom is 0.320 e. The minimum atomic E-state index is -0.754. The van der Waals surface area contributed by atoms with E-state index >= 15 is 0 Å². The summed E-state index contributed by atoms with van der Waals surface area (Å²) in [6.45, 7) is 5.96. The van der Waals surface area contributed by atoms with Gasteiger partial charge in [0.2, 0.25) is 5.91 Å². The number of anilines is 1. The third-order valence-electron chi connectivity index (χ3n) is 5.07. The number of para-hydroxylation sites is 1. The molecule has 3 rings (SSSR count). The van der Waals surface area contributed by atoms with E-state index in [-0.39, 0.29) is 5.91 Å². The Balaban J connectivity index is 1.53. The number of rotatable bonds is 5. The molecule has 0 radical (unpaired) electrons. The fourth-order valence-electron chi connectivity index (χ4n) is 3.70. The van der Waals surface area contributed by atoms with Gasteiger partial charge in [0.15, 0.2) is 0 Å². The Kier molecular flexibility index (Phi) is 5.16. The highest BCUT2D eigenvalue weighted by molar-refractivity contribution is 5.96. The van der Waals surface area contributed by atoms with E-state index in [4.69, 9.17) is 0 Å². The van der Waals surface area contributed by atoms with Crippen LogP contribution in [0.25, 0.3) is 0 Å². The summed E-state index contributed by atoms with van der Waals surface area (Å²) in [5.41, 5.74) is 2.28. The second-order valence-corrected chi connectivity index (χ2v) is 6.50. The largest absolute Gasteiger partial charge is 0.480 e. The highest BCUT2D eigenvalue weighted by Crippen LogP contribution is 2.27. The lowest BCUT2D eigenvalue weighted by atomic mass is 10.1. The molecule has 1 saturated heterocycles. The second-order valence-electron chi connectivity index (χ2n) is 6.50. The zero-order valence-corrected chi connectivity index (χ0v) is 14.1. The summed E-state index contributed by atoms with van der Waals surface area (Å²) in [6, 6.07) is 7.67. The summed E-state index contributed by atoms with van der Waals surface area (Å²) in [5, 5.41) is 9.26. The van der Waals surface area contributed by atoms with Gasteiger partial charge < -0.3 is 10.0 Å². The van der Waals surface area contributed by atoms with Gasteiger partial charge in [0.05, 0.1) is 6.54 Å². The second kappa shape index (κ2) is 7.32. The summed E-state index contributed by atoms with van der Waals surface area (Å²) in [6.07, 6.45) is 1.53. The lowest BCUT2D eigenvalue weighted by Gasteiger charge is -2.37. The molecule has 130 valence electrons. The van der Waals surface area contributed by atoms with Crippen molar-refractivity contribution in [2.75, 3.05) is 44.2 Å². The minimum absolute atomic E-state index is 0.138. The van der Waals surface area contributed by atoms with Crippen molar-refractivity contribution in [2.24, 2.45) is 0 Å². The molecule has 1 fully saturated rings. The number of carbonyl (C=O) groups excluding carboxylic acids is 1. The first kappa shape index (κ1) is 16.9. The lowest BCUT2D eigenvalue weighted by Crippen LogP contribution is -2.54. The molecule has 1 N–H and O–H groups in total. The van der Waals surface area contributed by atoms with Gasteiger partial charge in [0, 0.05) is 38.4 Å². The van der Waals surface area contributed by atoms with Gasteiger partial charge in [-0.3, -0.25) is 19.4 Å². The number of hydrogen-bond donors (Lipinski definition) is 1. The normalized spacial score (nSPS) is 20.0. The fraction of sp³-hybridized carbons (Fsp3) is 0.556. The topological polar surface area (TPSA) is 64.1 Å². The van der Waals surface area contributed by atoms with Crippen LogP contribution in [0.4, 0.5) is 5.69 Å². The molecule has 6 nitrogen and oxygen atoms in total. The van der Waals surface area contributed by atoms with Crippen molar-refractivity contribution < 1.29 is 14.7 Å². The summed E-state index contributed by atoms with van der Waals surface area (Å²) >= 11 is 0. The first-order valence-corrected chi connectivity index (χ1v) is 8.67. The van der Waals surface area contributed by atoms with Gasteiger partial charge in [-0.2, -0.15) is 0 Å². The summed E-state index contributed by atoms with van der Waals surface area (Å²) in [4.78, 5) is 29.9. The number of aliphatic carboxylic acids is 1. The molecule has 2 aliphatic heterocycles. The molecule has 0 aliphatic carbocycles. The predicted molar refractivity (Wildman–Crippen MR) is 92.2 cm³/mol. The third-order valence-corrected chi connectivity index (χ3v) is 5.07. The molecule has 24 heavy (non-hydrogen) atoms. The molecule has 0 spiro atoms. The number of hydrogen-bond acceptors (Lipinski definition) is 4. The van der Waals surface area contributed by atoms with E-state index in [1.807, 2.05) is 34.9 Å². The van der Waals surface area contributed by atoms with Crippen LogP contribution in [-0.2, 0) is 16.0 Å². The molecule has 1 aromatic rings. The van der Waals surface area contributed by atoms with Crippen LogP contribution in [0, 0.1) is 0 Å².